The van der Waals surface area contributed by atoms with Gasteiger partial charge < -0.3 is 15.2 Å². The average Bonchev–Trinajstić information content (AvgIpc) is 2.52. The highest BCUT2D eigenvalue weighted by atomic mass is 19.1. The lowest BCUT2D eigenvalue weighted by Gasteiger charge is -2.25. The van der Waals surface area contributed by atoms with Crippen LogP contribution in [0.4, 0.5) is 4.39 Å². The van der Waals surface area contributed by atoms with Gasteiger partial charge in [0.15, 0.2) is 0 Å². The van der Waals surface area contributed by atoms with E-state index in [1.165, 1.54) is 12.1 Å². The summed E-state index contributed by atoms with van der Waals surface area (Å²) in [4.78, 5) is 23.0. The molecular weight excluding hydrogens is 301 g/mol. The lowest BCUT2D eigenvalue weighted by molar-refractivity contribution is -0.144. The summed E-state index contributed by atoms with van der Waals surface area (Å²) in [6.07, 6.45) is 2.01. The van der Waals surface area contributed by atoms with Crippen LogP contribution >= 0.6 is 0 Å². The van der Waals surface area contributed by atoms with Crippen molar-refractivity contribution in [1.29, 1.82) is 0 Å². The Kier molecular flexibility index (Phi) is 5.96. The summed E-state index contributed by atoms with van der Waals surface area (Å²) in [6.45, 7) is 2.13. The van der Waals surface area contributed by atoms with E-state index in [1.54, 1.807) is 19.1 Å². The van der Waals surface area contributed by atoms with E-state index in [0.29, 0.717) is 38.0 Å². The number of rotatable bonds is 6. The van der Waals surface area contributed by atoms with Gasteiger partial charge in [-0.25, -0.2) is 4.39 Å². The number of carboxylic acid groups (broad SMARTS) is 1. The number of hydrogen-bond acceptors (Lipinski definition) is 3. The molecule has 1 amide bonds. The summed E-state index contributed by atoms with van der Waals surface area (Å²) in [7, 11) is 0. The maximum Gasteiger partial charge on any atom is 0.306 e. The quantitative estimate of drug-likeness (QED) is 0.844. The van der Waals surface area contributed by atoms with Crippen molar-refractivity contribution in [3.8, 4) is 5.75 Å². The molecular formula is C17H22FNO4. The highest BCUT2D eigenvalue weighted by Crippen LogP contribution is 2.29. The van der Waals surface area contributed by atoms with E-state index >= 15 is 0 Å². The number of nitrogens with one attached hydrogen (secondary N) is 1. The second-order valence-electron chi connectivity index (χ2n) is 6.02. The standard InChI is InChI=1S/C17H22FNO4/c1-11(23-15-4-2-3-14(18)9-15)10-19-16(20)12-5-7-13(8-6-12)17(21)22/h2-4,9,11-13H,5-8,10H2,1H3,(H,19,20)(H,21,22). The van der Waals surface area contributed by atoms with Crippen LogP contribution in [0, 0.1) is 17.7 Å². The van der Waals surface area contributed by atoms with Gasteiger partial charge in [-0.1, -0.05) is 6.07 Å². The van der Waals surface area contributed by atoms with Crippen LogP contribution in [0.3, 0.4) is 0 Å². The van der Waals surface area contributed by atoms with Gasteiger partial charge in [0.25, 0.3) is 0 Å². The van der Waals surface area contributed by atoms with Crippen LogP contribution in [0.1, 0.15) is 32.6 Å². The third kappa shape index (κ3) is 5.23. The number of halogens is 1. The number of aliphatic carboxylic acids is 1. The molecule has 0 spiro atoms. The van der Waals surface area contributed by atoms with Crippen molar-refractivity contribution in [1.82, 2.24) is 5.32 Å². The Bertz CT molecular complexity index is 555. The fourth-order valence-electron chi connectivity index (χ4n) is 2.81. The van der Waals surface area contributed by atoms with Crippen molar-refractivity contribution in [3.63, 3.8) is 0 Å². The van der Waals surface area contributed by atoms with Crippen LogP contribution in [0.2, 0.25) is 0 Å². The van der Waals surface area contributed by atoms with Gasteiger partial charge >= 0.3 is 5.97 Å². The summed E-state index contributed by atoms with van der Waals surface area (Å²) in [5.41, 5.74) is 0. The zero-order chi connectivity index (χ0) is 16.8. The van der Waals surface area contributed by atoms with Crippen molar-refractivity contribution < 1.29 is 23.8 Å². The predicted octanol–water partition coefficient (Wildman–Crippen LogP) is 2.60. The van der Waals surface area contributed by atoms with Gasteiger partial charge in [-0.15, -0.1) is 0 Å². The summed E-state index contributed by atoms with van der Waals surface area (Å²) >= 11 is 0. The monoisotopic (exact) mass is 323 g/mol. The number of ether oxygens (including phenoxy) is 1. The minimum Gasteiger partial charge on any atom is -0.489 e. The Hall–Kier alpha value is -2.11. The Morgan fingerprint density at radius 2 is 1.96 bits per heavy atom. The number of amides is 1. The predicted molar refractivity (Wildman–Crippen MR) is 82.6 cm³/mol. The molecule has 2 N–H and O–H groups in total. The molecule has 1 unspecified atom stereocenters. The minimum absolute atomic E-state index is 0.0662. The first-order valence-corrected chi connectivity index (χ1v) is 7.88. The number of carbonyl (C=O) groups is 2. The fraction of sp³-hybridized carbons (Fsp3) is 0.529. The lowest BCUT2D eigenvalue weighted by Crippen LogP contribution is -2.39. The molecule has 0 heterocycles. The second-order valence-corrected chi connectivity index (χ2v) is 6.02. The molecule has 0 aromatic heterocycles. The molecule has 126 valence electrons. The van der Waals surface area contributed by atoms with Crippen molar-refractivity contribution in [2.75, 3.05) is 6.54 Å². The van der Waals surface area contributed by atoms with E-state index in [9.17, 15) is 14.0 Å². The Labute approximate surface area is 134 Å². The smallest absolute Gasteiger partial charge is 0.306 e. The van der Waals surface area contributed by atoms with E-state index in [2.05, 4.69) is 5.32 Å². The molecule has 1 saturated carbocycles. The molecule has 1 aromatic rings. The van der Waals surface area contributed by atoms with Gasteiger partial charge in [-0.05, 0) is 44.7 Å². The molecule has 0 radical (unpaired) electrons. The molecule has 0 aliphatic heterocycles. The average molecular weight is 323 g/mol. The molecule has 1 aromatic carbocycles. The zero-order valence-electron chi connectivity index (χ0n) is 13.1. The number of carboxylic acids is 1. The van der Waals surface area contributed by atoms with Crippen molar-refractivity contribution >= 4 is 11.9 Å². The second kappa shape index (κ2) is 7.94. The third-order valence-electron chi connectivity index (χ3n) is 4.14. The molecule has 23 heavy (non-hydrogen) atoms. The molecule has 1 atom stereocenters. The largest absolute Gasteiger partial charge is 0.489 e. The van der Waals surface area contributed by atoms with Crippen LogP contribution in [0.15, 0.2) is 24.3 Å². The van der Waals surface area contributed by atoms with E-state index in [4.69, 9.17) is 9.84 Å². The number of benzene rings is 1. The van der Waals surface area contributed by atoms with E-state index in [-0.39, 0.29) is 29.7 Å². The summed E-state index contributed by atoms with van der Waals surface area (Å²) < 4.78 is 18.6. The van der Waals surface area contributed by atoms with Gasteiger partial charge in [0.05, 0.1) is 12.5 Å². The van der Waals surface area contributed by atoms with Gasteiger partial charge in [-0.2, -0.15) is 0 Å². The van der Waals surface area contributed by atoms with Gasteiger partial charge in [0.2, 0.25) is 5.91 Å². The van der Waals surface area contributed by atoms with E-state index in [0.717, 1.165) is 0 Å². The summed E-state index contributed by atoms with van der Waals surface area (Å²) in [6, 6.07) is 5.86. The van der Waals surface area contributed by atoms with Crippen LogP contribution in [-0.2, 0) is 9.59 Å². The Morgan fingerprint density at radius 3 is 2.57 bits per heavy atom. The first-order chi connectivity index (χ1) is 11.0. The molecule has 2 rings (SSSR count). The van der Waals surface area contributed by atoms with Crippen molar-refractivity contribution in [2.45, 2.75) is 38.7 Å². The first kappa shape index (κ1) is 17.2. The van der Waals surface area contributed by atoms with Crippen LogP contribution in [0.5, 0.6) is 5.75 Å². The van der Waals surface area contributed by atoms with Crippen molar-refractivity contribution in [2.24, 2.45) is 11.8 Å². The first-order valence-electron chi connectivity index (χ1n) is 7.88. The van der Waals surface area contributed by atoms with Gasteiger partial charge in [0.1, 0.15) is 17.7 Å². The zero-order valence-corrected chi connectivity index (χ0v) is 13.1. The van der Waals surface area contributed by atoms with Gasteiger partial charge in [0, 0.05) is 12.0 Å². The SMILES string of the molecule is CC(CNC(=O)C1CCC(C(=O)O)CC1)Oc1cccc(F)c1. The maximum atomic E-state index is 13.1. The maximum absolute atomic E-state index is 13.1. The van der Waals surface area contributed by atoms with E-state index in [1.807, 2.05) is 0 Å². The number of hydrogen-bond donors (Lipinski definition) is 2. The van der Waals surface area contributed by atoms with Crippen LogP contribution in [0.25, 0.3) is 0 Å². The molecule has 1 fully saturated rings. The topological polar surface area (TPSA) is 75.6 Å². The molecule has 1 aliphatic rings. The summed E-state index contributed by atoms with van der Waals surface area (Å²) in [5.74, 6) is -1.24. The molecule has 6 heteroatoms. The molecule has 0 bridgehead atoms. The third-order valence-corrected chi connectivity index (χ3v) is 4.14. The Balaban J connectivity index is 1.73. The normalized spacial score (nSPS) is 22.2. The van der Waals surface area contributed by atoms with Crippen LogP contribution < -0.4 is 10.1 Å². The minimum atomic E-state index is -0.777. The fourth-order valence-corrected chi connectivity index (χ4v) is 2.81. The molecule has 5 nitrogen and oxygen atoms in total. The molecule has 1 aliphatic carbocycles. The Morgan fingerprint density at radius 1 is 1.30 bits per heavy atom. The van der Waals surface area contributed by atoms with E-state index < -0.39 is 5.97 Å². The highest BCUT2D eigenvalue weighted by molar-refractivity contribution is 5.79. The highest BCUT2D eigenvalue weighted by Gasteiger charge is 2.29. The number of carbonyl (C=O) groups excluding carboxylic acids is 1. The lowest BCUT2D eigenvalue weighted by atomic mass is 9.81. The van der Waals surface area contributed by atoms with Gasteiger partial charge in [-0.3, -0.25) is 9.59 Å². The van der Waals surface area contributed by atoms with Crippen LogP contribution in [-0.4, -0.2) is 29.6 Å². The molecule has 0 saturated heterocycles. The van der Waals surface area contributed by atoms with Crippen molar-refractivity contribution in [3.05, 3.63) is 30.1 Å². The summed E-state index contributed by atoms with van der Waals surface area (Å²) in [5, 5.41) is 11.8.